The van der Waals surface area contributed by atoms with E-state index >= 15 is 0 Å². The van der Waals surface area contributed by atoms with Gasteiger partial charge in [-0.15, -0.1) is 0 Å². The van der Waals surface area contributed by atoms with E-state index in [-0.39, 0.29) is 27.4 Å². The van der Waals surface area contributed by atoms with Gasteiger partial charge < -0.3 is 4.90 Å². The van der Waals surface area contributed by atoms with Crippen LogP contribution in [0.15, 0.2) is 36.4 Å². The Morgan fingerprint density at radius 1 is 1.26 bits per heavy atom. The van der Waals surface area contributed by atoms with Crippen molar-refractivity contribution in [1.82, 2.24) is 0 Å². The number of nitriles is 1. The number of carbonyl (C=O) groups excluding carboxylic acids is 1. The Hall–Kier alpha value is -3.00. The summed E-state index contributed by atoms with van der Waals surface area (Å²) in [5, 5.41) is 8.59. The molecule has 2 aromatic carbocycles. The van der Waals surface area contributed by atoms with E-state index in [2.05, 4.69) is 10.9 Å². The third-order valence-corrected chi connectivity index (χ3v) is 6.67. The molecule has 1 heterocycles. The molecule has 0 aromatic heterocycles. The van der Waals surface area contributed by atoms with Crippen LogP contribution >= 0.6 is 23.8 Å². The molecule has 0 unspecified atom stereocenters. The van der Waals surface area contributed by atoms with Gasteiger partial charge in [-0.05, 0) is 68.1 Å². The molecule has 1 saturated heterocycles. The molecule has 1 aliphatic heterocycles. The van der Waals surface area contributed by atoms with E-state index in [4.69, 9.17) is 35.7 Å². The van der Waals surface area contributed by atoms with Gasteiger partial charge in [-0.1, -0.05) is 29.8 Å². The number of unbranched alkanes of at least 4 members (excludes halogenated alkanes) is 1. The first-order valence-corrected chi connectivity index (χ1v) is 10.7. The normalized spacial score (nSPS) is 16.9. The van der Waals surface area contributed by atoms with E-state index in [0.29, 0.717) is 19.3 Å². The van der Waals surface area contributed by atoms with Gasteiger partial charge in [-0.2, -0.15) is 5.26 Å². The van der Waals surface area contributed by atoms with Gasteiger partial charge in [0.05, 0.1) is 23.4 Å². The molecule has 0 atom stereocenters. The molecule has 1 saturated carbocycles. The second-order valence-electron chi connectivity index (χ2n) is 7.67. The van der Waals surface area contributed by atoms with E-state index in [9.17, 15) is 9.18 Å². The van der Waals surface area contributed by atoms with Crippen LogP contribution in [0.5, 0.6) is 0 Å². The lowest BCUT2D eigenvalue weighted by molar-refractivity contribution is -0.123. The summed E-state index contributed by atoms with van der Waals surface area (Å²) in [7, 11) is 0. The molecule has 1 spiro atoms. The zero-order valence-corrected chi connectivity index (χ0v) is 18.1. The number of amides is 1. The maximum atomic E-state index is 15.0. The summed E-state index contributed by atoms with van der Waals surface area (Å²) in [6.07, 6.45) is 4.22. The molecule has 2 fully saturated rings. The van der Waals surface area contributed by atoms with E-state index in [0.717, 1.165) is 30.5 Å². The summed E-state index contributed by atoms with van der Waals surface area (Å²) in [6.45, 7) is 7.10. The second-order valence-corrected chi connectivity index (χ2v) is 8.41. The van der Waals surface area contributed by atoms with Crippen LogP contribution in [0.1, 0.15) is 37.7 Å². The summed E-state index contributed by atoms with van der Waals surface area (Å²) < 4.78 is 15.0. The number of carbonyl (C=O) groups is 1. The summed E-state index contributed by atoms with van der Waals surface area (Å²) in [4.78, 5) is 19.7. The molecule has 31 heavy (non-hydrogen) atoms. The highest BCUT2D eigenvalue weighted by molar-refractivity contribution is 7.81. The minimum atomic E-state index is -0.824. The number of anilines is 2. The Bertz CT molecular complexity index is 1150. The highest BCUT2D eigenvalue weighted by atomic mass is 35.5. The number of benzene rings is 2. The third-order valence-electron chi connectivity index (χ3n) is 5.94. The lowest BCUT2D eigenvalue weighted by Gasteiger charge is -2.43. The molecule has 156 valence electrons. The fourth-order valence-corrected chi connectivity index (χ4v) is 4.83. The van der Waals surface area contributed by atoms with Crippen molar-refractivity contribution in [2.45, 2.75) is 44.1 Å². The first-order valence-electron chi connectivity index (χ1n) is 9.94. The van der Waals surface area contributed by atoms with Gasteiger partial charge >= 0.3 is 0 Å². The first-order chi connectivity index (χ1) is 14.9. The number of nitrogens with zero attached hydrogens (tertiary/aromatic N) is 4. The summed E-state index contributed by atoms with van der Waals surface area (Å²) in [6, 6.07) is 12.7. The molecule has 8 heteroatoms. The van der Waals surface area contributed by atoms with Gasteiger partial charge in [0.2, 0.25) is 5.69 Å². The van der Waals surface area contributed by atoms with E-state index in [1.54, 1.807) is 0 Å². The fourth-order valence-electron chi connectivity index (χ4n) is 4.16. The van der Waals surface area contributed by atoms with Crippen LogP contribution in [0.25, 0.3) is 4.85 Å². The Balaban J connectivity index is 1.70. The summed E-state index contributed by atoms with van der Waals surface area (Å²) in [5.74, 6) is -1.09. The standard InChI is InChI=1S/C23H18ClFN4OS/c1-27-17-10-11-18(20(25)19(17)24)28-21(30)23(12-4-13-23)29(22(28)31)16-8-6-15(7-9-16)5-2-3-14-26/h6-11H,2-5,12-13H2. The minimum absolute atomic E-state index is 0.0114. The molecular formula is C23H18ClFN4OS. The van der Waals surface area contributed by atoms with Crippen molar-refractivity contribution in [2.24, 2.45) is 0 Å². The number of rotatable bonds is 5. The van der Waals surface area contributed by atoms with Crippen LogP contribution < -0.4 is 9.80 Å². The van der Waals surface area contributed by atoms with Gasteiger partial charge in [-0.25, -0.2) is 9.24 Å². The zero-order valence-electron chi connectivity index (χ0n) is 16.6. The van der Waals surface area contributed by atoms with Crippen LogP contribution in [0.2, 0.25) is 5.02 Å². The number of hydrogen-bond donors (Lipinski definition) is 0. The molecule has 5 nitrogen and oxygen atoms in total. The predicted octanol–water partition coefficient (Wildman–Crippen LogP) is 5.94. The Kier molecular flexibility index (Phi) is 5.66. The quantitative estimate of drug-likeness (QED) is 0.320. The molecule has 1 aliphatic carbocycles. The lowest BCUT2D eigenvalue weighted by atomic mass is 9.75. The van der Waals surface area contributed by atoms with Crippen molar-refractivity contribution in [1.29, 1.82) is 5.26 Å². The predicted molar refractivity (Wildman–Crippen MR) is 122 cm³/mol. The molecule has 4 rings (SSSR count). The highest BCUT2D eigenvalue weighted by Crippen LogP contribution is 2.48. The molecular weight excluding hydrogens is 435 g/mol. The van der Waals surface area contributed by atoms with E-state index < -0.39 is 11.4 Å². The Morgan fingerprint density at radius 2 is 1.97 bits per heavy atom. The zero-order chi connectivity index (χ0) is 22.2. The highest BCUT2D eigenvalue weighted by Gasteiger charge is 2.59. The average molecular weight is 453 g/mol. The van der Waals surface area contributed by atoms with Crippen LogP contribution in [0, 0.1) is 23.7 Å². The minimum Gasteiger partial charge on any atom is -0.303 e. The van der Waals surface area contributed by atoms with Crippen molar-refractivity contribution >= 4 is 51.9 Å². The van der Waals surface area contributed by atoms with Gasteiger partial charge in [0.25, 0.3) is 5.91 Å². The van der Waals surface area contributed by atoms with E-state index in [1.165, 1.54) is 17.0 Å². The summed E-state index contributed by atoms with van der Waals surface area (Å²) in [5.41, 5.74) is 1.00. The van der Waals surface area contributed by atoms with Crippen LogP contribution in [0.4, 0.5) is 21.5 Å². The van der Waals surface area contributed by atoms with Gasteiger partial charge in [-0.3, -0.25) is 9.69 Å². The average Bonchev–Trinajstić information content (AvgIpc) is 2.98. The lowest BCUT2D eigenvalue weighted by Crippen LogP contribution is -2.55. The molecule has 2 aliphatic rings. The maximum absolute atomic E-state index is 15.0. The molecule has 0 bridgehead atoms. The van der Waals surface area contributed by atoms with Gasteiger partial charge in [0.1, 0.15) is 5.54 Å². The van der Waals surface area contributed by atoms with Gasteiger partial charge in [0.15, 0.2) is 10.9 Å². The fraction of sp³-hybridized carbons (Fsp3) is 0.304. The molecule has 0 N–H and O–H groups in total. The van der Waals surface area contributed by atoms with Crippen LogP contribution in [-0.2, 0) is 11.2 Å². The van der Waals surface area contributed by atoms with Gasteiger partial charge in [0, 0.05) is 12.1 Å². The molecule has 2 aromatic rings. The monoisotopic (exact) mass is 452 g/mol. The largest absolute Gasteiger partial charge is 0.303 e. The smallest absolute Gasteiger partial charge is 0.259 e. The maximum Gasteiger partial charge on any atom is 0.259 e. The van der Waals surface area contributed by atoms with Crippen molar-refractivity contribution in [3.05, 3.63) is 64.2 Å². The van der Waals surface area contributed by atoms with Crippen molar-refractivity contribution in [2.75, 3.05) is 9.80 Å². The SMILES string of the molecule is [C-]#[N+]c1ccc(N2C(=O)C3(CCC3)N(c3ccc(CCCC#N)cc3)C2=S)c(F)c1Cl. The topological polar surface area (TPSA) is 51.7 Å². The van der Waals surface area contributed by atoms with Crippen molar-refractivity contribution in [3.8, 4) is 6.07 Å². The van der Waals surface area contributed by atoms with Crippen LogP contribution in [0.3, 0.4) is 0 Å². The summed E-state index contributed by atoms with van der Waals surface area (Å²) >= 11 is 11.7. The first kappa shape index (κ1) is 21.2. The Labute approximate surface area is 190 Å². The number of thiocarbonyl (C=S) groups is 1. The Morgan fingerprint density at radius 3 is 2.55 bits per heavy atom. The second kappa shape index (κ2) is 8.26. The van der Waals surface area contributed by atoms with Crippen LogP contribution in [-0.4, -0.2) is 16.6 Å². The molecule has 1 amide bonds. The number of halogens is 2. The van der Waals surface area contributed by atoms with Crippen molar-refractivity contribution < 1.29 is 9.18 Å². The van der Waals surface area contributed by atoms with Crippen molar-refractivity contribution in [3.63, 3.8) is 0 Å². The third kappa shape index (κ3) is 3.35. The number of hydrogen-bond acceptors (Lipinski definition) is 3. The number of aryl methyl sites for hydroxylation is 1. The van der Waals surface area contributed by atoms with E-state index in [1.807, 2.05) is 29.2 Å². The molecule has 0 radical (unpaired) electrons.